The van der Waals surface area contributed by atoms with Crippen LogP contribution in [-0.4, -0.2) is 48.0 Å². The quantitative estimate of drug-likeness (QED) is 0.520. The van der Waals surface area contributed by atoms with E-state index >= 15 is 0 Å². The lowest BCUT2D eigenvalue weighted by Crippen LogP contribution is -2.46. The van der Waals surface area contributed by atoms with Gasteiger partial charge in [-0.3, -0.25) is 4.79 Å². The minimum Gasteiger partial charge on any atom is -0.456 e. The van der Waals surface area contributed by atoms with E-state index in [1.54, 1.807) is 24.3 Å². The highest BCUT2D eigenvalue weighted by molar-refractivity contribution is 7.18. The summed E-state index contributed by atoms with van der Waals surface area (Å²) >= 11 is 1.12. The highest BCUT2D eigenvalue weighted by Gasteiger charge is 2.27. The molecule has 1 aromatic heterocycles. The Morgan fingerprint density at radius 2 is 1.94 bits per heavy atom. The summed E-state index contributed by atoms with van der Waals surface area (Å²) in [7, 11) is 0. The molecule has 0 saturated carbocycles. The standard InChI is InChI=1S/C20H23N5O5S/c1-11(26)23-13-5-2-4-12(8-13)16-9-15(24-19(21)28)17(31-16)18(27)30-14-6-3-7-25(10-14)20(22)29/h2,4-5,8-9,14H,3,6-7,10H2,1H3,(H2,22,29)(H,23,26)(H3,21,24,28). The van der Waals surface area contributed by atoms with Gasteiger partial charge in [-0.25, -0.2) is 14.4 Å². The van der Waals surface area contributed by atoms with Crippen molar-refractivity contribution in [2.24, 2.45) is 11.5 Å². The Labute approximate surface area is 182 Å². The highest BCUT2D eigenvalue weighted by Crippen LogP contribution is 2.36. The lowest BCUT2D eigenvalue weighted by atomic mass is 10.1. The molecule has 1 aromatic carbocycles. The van der Waals surface area contributed by atoms with Crippen molar-refractivity contribution in [1.82, 2.24) is 4.90 Å². The zero-order valence-electron chi connectivity index (χ0n) is 16.8. The zero-order chi connectivity index (χ0) is 22.5. The second-order valence-corrected chi connectivity index (χ2v) is 8.11. The summed E-state index contributed by atoms with van der Waals surface area (Å²) in [5.41, 5.74) is 12.1. The van der Waals surface area contributed by atoms with E-state index in [-0.39, 0.29) is 23.0 Å². The predicted octanol–water partition coefficient (Wildman–Crippen LogP) is 2.56. The van der Waals surface area contributed by atoms with Gasteiger partial charge in [0.15, 0.2) is 0 Å². The summed E-state index contributed by atoms with van der Waals surface area (Å²) in [5.74, 6) is -0.837. The summed E-state index contributed by atoms with van der Waals surface area (Å²) in [6.45, 7) is 2.15. The van der Waals surface area contributed by atoms with Gasteiger partial charge < -0.3 is 31.7 Å². The fourth-order valence-corrected chi connectivity index (χ4v) is 4.30. The van der Waals surface area contributed by atoms with Gasteiger partial charge >= 0.3 is 18.0 Å². The topological polar surface area (TPSA) is 157 Å². The van der Waals surface area contributed by atoms with Crippen LogP contribution in [0.2, 0.25) is 0 Å². The van der Waals surface area contributed by atoms with Gasteiger partial charge in [-0.05, 0) is 36.6 Å². The van der Waals surface area contributed by atoms with Crippen molar-refractivity contribution in [3.63, 3.8) is 0 Å². The zero-order valence-corrected chi connectivity index (χ0v) is 17.7. The van der Waals surface area contributed by atoms with Crippen molar-refractivity contribution in [1.29, 1.82) is 0 Å². The molecular formula is C20H23N5O5S. The number of carbonyl (C=O) groups is 4. The molecule has 164 valence electrons. The fourth-order valence-electron chi connectivity index (χ4n) is 3.30. The van der Waals surface area contributed by atoms with Gasteiger partial charge in [0.2, 0.25) is 5.91 Å². The van der Waals surface area contributed by atoms with Crippen LogP contribution in [0.25, 0.3) is 10.4 Å². The molecule has 2 heterocycles. The normalized spacial score (nSPS) is 15.8. The van der Waals surface area contributed by atoms with Gasteiger partial charge in [-0.2, -0.15) is 0 Å². The summed E-state index contributed by atoms with van der Waals surface area (Å²) in [5, 5.41) is 5.15. The number of anilines is 2. The number of nitrogens with zero attached hydrogens (tertiary/aromatic N) is 1. The highest BCUT2D eigenvalue weighted by atomic mass is 32.1. The summed E-state index contributed by atoms with van der Waals surface area (Å²) in [4.78, 5) is 49.3. The molecule has 31 heavy (non-hydrogen) atoms. The first kappa shape index (κ1) is 22.1. The number of hydrogen-bond donors (Lipinski definition) is 4. The van der Waals surface area contributed by atoms with E-state index in [4.69, 9.17) is 16.2 Å². The largest absolute Gasteiger partial charge is 0.456 e. The SMILES string of the molecule is CC(=O)Nc1cccc(-c2cc(NC(N)=O)c(C(=O)OC3CCCN(C(N)=O)C3)s2)c1. The van der Waals surface area contributed by atoms with Crippen molar-refractivity contribution < 1.29 is 23.9 Å². The number of nitrogens with one attached hydrogen (secondary N) is 2. The van der Waals surface area contributed by atoms with Crippen LogP contribution >= 0.6 is 11.3 Å². The number of hydrogen-bond acceptors (Lipinski definition) is 6. The Morgan fingerprint density at radius 3 is 2.61 bits per heavy atom. The lowest BCUT2D eigenvalue weighted by molar-refractivity contribution is -0.114. The van der Waals surface area contributed by atoms with E-state index in [0.29, 0.717) is 30.0 Å². The second kappa shape index (κ2) is 9.47. The van der Waals surface area contributed by atoms with Crippen LogP contribution in [0.4, 0.5) is 21.0 Å². The number of nitrogens with two attached hydrogens (primary N) is 2. The monoisotopic (exact) mass is 445 g/mol. The van der Waals surface area contributed by atoms with Crippen LogP contribution in [0.3, 0.4) is 0 Å². The first-order valence-corrected chi connectivity index (χ1v) is 10.4. The number of thiophene rings is 1. The summed E-state index contributed by atoms with van der Waals surface area (Å²) < 4.78 is 5.58. The molecule has 0 radical (unpaired) electrons. The van der Waals surface area contributed by atoms with Crippen molar-refractivity contribution >= 4 is 46.7 Å². The molecule has 0 spiro atoms. The number of likely N-dealkylation sites (tertiary alicyclic amines) is 1. The van der Waals surface area contributed by atoms with Crippen LogP contribution in [0.5, 0.6) is 0 Å². The average molecular weight is 446 g/mol. The van der Waals surface area contributed by atoms with Crippen LogP contribution < -0.4 is 22.1 Å². The smallest absolute Gasteiger partial charge is 0.350 e. The summed E-state index contributed by atoms with van der Waals surface area (Å²) in [6, 6.07) is 7.31. The number of rotatable bonds is 5. The Kier molecular flexibility index (Phi) is 6.75. The van der Waals surface area contributed by atoms with Gasteiger partial charge in [0.05, 0.1) is 12.2 Å². The van der Waals surface area contributed by atoms with Crippen molar-refractivity contribution in [2.75, 3.05) is 23.7 Å². The van der Waals surface area contributed by atoms with Crippen molar-refractivity contribution in [3.8, 4) is 10.4 Å². The van der Waals surface area contributed by atoms with Crippen LogP contribution in [-0.2, 0) is 9.53 Å². The minimum absolute atomic E-state index is 0.176. The average Bonchev–Trinajstić information content (AvgIpc) is 3.11. The molecule has 1 unspecified atom stereocenters. The first-order valence-electron chi connectivity index (χ1n) is 9.56. The van der Waals surface area contributed by atoms with E-state index in [1.165, 1.54) is 11.8 Å². The third-order valence-electron chi connectivity index (χ3n) is 4.61. The number of benzene rings is 1. The van der Waals surface area contributed by atoms with E-state index < -0.39 is 24.1 Å². The van der Waals surface area contributed by atoms with Gasteiger partial charge in [0.1, 0.15) is 11.0 Å². The molecule has 0 bridgehead atoms. The molecule has 6 N–H and O–H groups in total. The minimum atomic E-state index is -0.817. The molecule has 10 nitrogen and oxygen atoms in total. The fraction of sp³-hybridized carbons (Fsp3) is 0.300. The third kappa shape index (κ3) is 5.72. The molecular weight excluding hydrogens is 422 g/mol. The Hall–Kier alpha value is -3.60. The molecule has 1 aliphatic heterocycles. The van der Waals surface area contributed by atoms with Gasteiger partial charge in [0.25, 0.3) is 0 Å². The van der Waals surface area contributed by atoms with Gasteiger partial charge in [-0.15, -0.1) is 11.3 Å². The molecule has 1 atom stereocenters. The molecule has 1 fully saturated rings. The van der Waals surface area contributed by atoms with E-state index in [9.17, 15) is 19.2 Å². The molecule has 1 saturated heterocycles. The Morgan fingerprint density at radius 1 is 1.16 bits per heavy atom. The number of piperidine rings is 1. The van der Waals surface area contributed by atoms with Crippen LogP contribution in [0.15, 0.2) is 30.3 Å². The lowest BCUT2D eigenvalue weighted by Gasteiger charge is -2.31. The predicted molar refractivity (Wildman–Crippen MR) is 117 cm³/mol. The van der Waals surface area contributed by atoms with Gasteiger partial charge in [-0.1, -0.05) is 12.1 Å². The molecule has 3 rings (SSSR count). The Bertz CT molecular complexity index is 1020. The van der Waals surface area contributed by atoms with E-state index in [2.05, 4.69) is 10.6 Å². The van der Waals surface area contributed by atoms with E-state index in [0.717, 1.165) is 16.9 Å². The van der Waals surface area contributed by atoms with Crippen LogP contribution in [0, 0.1) is 0 Å². The number of primary amides is 2. The maximum Gasteiger partial charge on any atom is 0.350 e. The maximum atomic E-state index is 12.9. The molecule has 5 amide bonds. The number of ether oxygens (including phenoxy) is 1. The molecule has 2 aromatic rings. The van der Waals surface area contributed by atoms with Crippen molar-refractivity contribution in [2.45, 2.75) is 25.9 Å². The number of urea groups is 2. The first-order chi connectivity index (χ1) is 14.7. The van der Waals surface area contributed by atoms with Crippen molar-refractivity contribution in [3.05, 3.63) is 35.2 Å². The summed E-state index contributed by atoms with van der Waals surface area (Å²) in [6.07, 6.45) is 0.771. The third-order valence-corrected chi connectivity index (χ3v) is 5.77. The Balaban J connectivity index is 1.85. The molecule has 11 heteroatoms. The number of esters is 1. The number of amides is 5. The molecule has 1 aliphatic rings. The van der Waals surface area contributed by atoms with Crippen LogP contribution in [0.1, 0.15) is 29.4 Å². The maximum absolute atomic E-state index is 12.9. The van der Waals surface area contributed by atoms with Gasteiger partial charge in [0, 0.05) is 24.0 Å². The number of carbonyl (C=O) groups excluding carboxylic acids is 4. The van der Waals surface area contributed by atoms with E-state index in [1.807, 2.05) is 6.07 Å². The molecule has 0 aliphatic carbocycles. The second-order valence-electron chi connectivity index (χ2n) is 7.06.